The molecule has 1 aromatic carbocycles. The molecule has 1 aliphatic rings. The van der Waals surface area contributed by atoms with E-state index in [0.717, 1.165) is 35.9 Å². The molecule has 0 bridgehead atoms. The van der Waals surface area contributed by atoms with Gasteiger partial charge in [-0.15, -0.1) is 34.0 Å². The molecule has 4 heterocycles. The Kier molecular flexibility index (Phi) is 6.74. The fourth-order valence-electron chi connectivity index (χ4n) is 4.70. The van der Waals surface area contributed by atoms with E-state index in [1.165, 1.54) is 5.56 Å². The van der Waals surface area contributed by atoms with E-state index in [-0.39, 0.29) is 22.9 Å². The van der Waals surface area contributed by atoms with Crippen molar-refractivity contribution in [3.05, 3.63) is 75.0 Å². The number of carbonyl (C=O) groups excluding carboxylic acids is 2. The maximum absolute atomic E-state index is 14.3. The summed E-state index contributed by atoms with van der Waals surface area (Å²) in [6, 6.07) is 12.7. The standard InChI is InChI=1S/C29H29O2PS3/c1-15(2)18-13-19(16(3)4)25(20(14-18)17(5)6)32-28(30)23-24(29(32)31)27(22-10-8-12-34-22)35-26(23)21-9-7-11-33-21/h7-17H,1-6H3. The molecule has 0 saturated carbocycles. The van der Waals surface area contributed by atoms with E-state index in [4.69, 9.17) is 0 Å². The molecule has 0 N–H and O–H groups in total. The van der Waals surface area contributed by atoms with E-state index >= 15 is 0 Å². The molecule has 4 aromatic rings. The van der Waals surface area contributed by atoms with Gasteiger partial charge >= 0.3 is 0 Å². The third-order valence-corrected chi connectivity index (χ3v) is 12.1. The highest BCUT2D eigenvalue weighted by atomic mass is 32.1. The first-order chi connectivity index (χ1) is 16.7. The van der Waals surface area contributed by atoms with Crippen LogP contribution in [0.3, 0.4) is 0 Å². The first kappa shape index (κ1) is 24.8. The van der Waals surface area contributed by atoms with Crippen LogP contribution in [-0.2, 0) is 0 Å². The number of hydrogen-bond acceptors (Lipinski definition) is 5. The molecule has 0 saturated heterocycles. The lowest BCUT2D eigenvalue weighted by atomic mass is 9.89. The summed E-state index contributed by atoms with van der Waals surface area (Å²) in [5, 5.41) is 5.09. The van der Waals surface area contributed by atoms with Gasteiger partial charge in [0.05, 0.1) is 28.8 Å². The van der Waals surface area contributed by atoms with Crippen molar-refractivity contribution in [2.75, 3.05) is 0 Å². The first-order valence-electron chi connectivity index (χ1n) is 12.0. The van der Waals surface area contributed by atoms with Gasteiger partial charge in [-0.05, 0) is 62.6 Å². The van der Waals surface area contributed by atoms with E-state index in [9.17, 15) is 9.59 Å². The van der Waals surface area contributed by atoms with Crippen molar-refractivity contribution in [3.8, 4) is 19.5 Å². The quantitative estimate of drug-likeness (QED) is 0.230. The lowest BCUT2D eigenvalue weighted by Gasteiger charge is -2.25. The summed E-state index contributed by atoms with van der Waals surface area (Å²) < 4.78 is 0. The zero-order chi connectivity index (χ0) is 25.0. The van der Waals surface area contributed by atoms with Crippen LogP contribution in [-0.4, -0.2) is 11.0 Å². The minimum atomic E-state index is -1.64. The van der Waals surface area contributed by atoms with Gasteiger partial charge in [-0.1, -0.05) is 65.8 Å². The van der Waals surface area contributed by atoms with Gasteiger partial charge in [-0.2, -0.15) is 0 Å². The molecule has 0 radical (unpaired) electrons. The second kappa shape index (κ2) is 9.52. The lowest BCUT2D eigenvalue weighted by Crippen LogP contribution is -2.22. The van der Waals surface area contributed by atoms with E-state index in [1.807, 2.05) is 22.9 Å². The van der Waals surface area contributed by atoms with Crippen LogP contribution in [0.5, 0.6) is 0 Å². The van der Waals surface area contributed by atoms with Crippen molar-refractivity contribution in [1.29, 1.82) is 0 Å². The fourth-order valence-corrected chi connectivity index (χ4v) is 10.5. The molecule has 0 amide bonds. The first-order valence-corrected chi connectivity index (χ1v) is 15.9. The largest absolute Gasteiger partial charge is 0.288 e. The van der Waals surface area contributed by atoms with Gasteiger partial charge in [0.25, 0.3) is 0 Å². The molecule has 0 aliphatic carbocycles. The fraction of sp³-hybridized carbons (Fsp3) is 0.310. The molecule has 0 spiro atoms. The van der Waals surface area contributed by atoms with Gasteiger partial charge in [0.2, 0.25) is 0 Å². The molecular formula is C29H29O2PS3. The predicted octanol–water partition coefficient (Wildman–Crippen LogP) is 9.68. The number of thiophene rings is 3. The van der Waals surface area contributed by atoms with Crippen LogP contribution in [0.1, 0.15) is 96.7 Å². The molecular weight excluding hydrogens is 507 g/mol. The predicted molar refractivity (Wildman–Crippen MR) is 155 cm³/mol. The van der Waals surface area contributed by atoms with Crippen molar-refractivity contribution in [1.82, 2.24) is 0 Å². The average Bonchev–Trinajstić information content (AvgIpc) is 3.60. The van der Waals surface area contributed by atoms with Crippen LogP contribution >= 0.6 is 41.9 Å². The molecule has 0 atom stereocenters. The molecule has 180 valence electrons. The Hall–Kier alpha value is -1.91. The monoisotopic (exact) mass is 536 g/mol. The van der Waals surface area contributed by atoms with Crippen LogP contribution in [0.4, 0.5) is 0 Å². The molecule has 0 fully saturated rings. The van der Waals surface area contributed by atoms with Crippen LogP contribution in [0.25, 0.3) is 19.5 Å². The topological polar surface area (TPSA) is 34.1 Å². The normalized spacial score (nSPS) is 14.2. The summed E-state index contributed by atoms with van der Waals surface area (Å²) in [5.41, 5.74) is 4.99. The minimum Gasteiger partial charge on any atom is -0.288 e. The van der Waals surface area contributed by atoms with Crippen molar-refractivity contribution >= 4 is 58.3 Å². The molecule has 6 heteroatoms. The van der Waals surface area contributed by atoms with Crippen LogP contribution in [0, 0.1) is 0 Å². The third kappa shape index (κ3) is 4.11. The zero-order valence-corrected chi connectivity index (χ0v) is 24.2. The number of fused-ring (bicyclic) bond motifs is 1. The molecule has 1 aliphatic heterocycles. The summed E-state index contributed by atoms with van der Waals surface area (Å²) in [7, 11) is -1.64. The minimum absolute atomic E-state index is 0.0311. The molecule has 2 nitrogen and oxygen atoms in total. The van der Waals surface area contributed by atoms with Gasteiger partial charge in [0.1, 0.15) is 0 Å². The van der Waals surface area contributed by atoms with E-state index in [1.54, 1.807) is 34.0 Å². The Morgan fingerprint density at radius 3 is 1.49 bits per heavy atom. The summed E-state index contributed by atoms with van der Waals surface area (Å²) >= 11 is 4.86. The molecule has 3 aromatic heterocycles. The van der Waals surface area contributed by atoms with Crippen LogP contribution in [0.2, 0.25) is 0 Å². The maximum atomic E-state index is 14.3. The maximum Gasteiger partial charge on any atom is 0.198 e. The lowest BCUT2D eigenvalue weighted by molar-refractivity contribution is 0.107. The second-order valence-corrected chi connectivity index (χ2v) is 14.8. The van der Waals surface area contributed by atoms with Crippen molar-refractivity contribution in [3.63, 3.8) is 0 Å². The Balaban J connectivity index is 1.77. The van der Waals surface area contributed by atoms with Crippen LogP contribution < -0.4 is 5.30 Å². The van der Waals surface area contributed by atoms with Crippen molar-refractivity contribution < 1.29 is 9.59 Å². The third-order valence-electron chi connectivity index (χ3n) is 6.56. The Labute approximate surface area is 220 Å². The number of benzene rings is 1. The smallest absolute Gasteiger partial charge is 0.198 e. The highest BCUT2D eigenvalue weighted by molar-refractivity contribution is 7.97. The van der Waals surface area contributed by atoms with E-state index in [2.05, 4.69) is 65.8 Å². The van der Waals surface area contributed by atoms with Crippen molar-refractivity contribution in [2.45, 2.75) is 59.3 Å². The summed E-state index contributed by atoms with van der Waals surface area (Å²) in [4.78, 5) is 32.6. The summed E-state index contributed by atoms with van der Waals surface area (Å²) in [5.74, 6) is 0.852. The zero-order valence-electron chi connectivity index (χ0n) is 20.8. The van der Waals surface area contributed by atoms with Crippen molar-refractivity contribution in [2.24, 2.45) is 0 Å². The second-order valence-electron chi connectivity index (χ2n) is 9.92. The highest BCUT2D eigenvalue weighted by Crippen LogP contribution is 2.59. The SMILES string of the molecule is CC(C)c1cc(C(C)C)c(P2C(=O)c3c(-c4cccs4)sc(-c4cccs4)c3C2=O)c(C(C)C)c1. The van der Waals surface area contributed by atoms with E-state index < -0.39 is 7.92 Å². The Morgan fingerprint density at radius 2 is 1.14 bits per heavy atom. The number of carbonyl (C=O) groups is 2. The summed E-state index contributed by atoms with van der Waals surface area (Å²) in [6.07, 6.45) is 0. The average molecular weight is 537 g/mol. The Bertz CT molecular complexity index is 1310. The van der Waals surface area contributed by atoms with Gasteiger partial charge in [0, 0.05) is 9.75 Å². The number of rotatable bonds is 6. The Morgan fingerprint density at radius 1 is 0.686 bits per heavy atom. The number of hydrogen-bond donors (Lipinski definition) is 0. The van der Waals surface area contributed by atoms with Gasteiger partial charge in [-0.3, -0.25) is 9.59 Å². The van der Waals surface area contributed by atoms with E-state index in [0.29, 0.717) is 17.0 Å². The summed E-state index contributed by atoms with van der Waals surface area (Å²) in [6.45, 7) is 13.1. The van der Waals surface area contributed by atoms with Gasteiger partial charge in [-0.25, -0.2) is 0 Å². The molecule has 35 heavy (non-hydrogen) atoms. The molecule has 5 rings (SSSR count). The highest BCUT2D eigenvalue weighted by Gasteiger charge is 2.47. The van der Waals surface area contributed by atoms with Gasteiger partial charge in [0.15, 0.2) is 11.0 Å². The molecule has 0 unspecified atom stereocenters. The van der Waals surface area contributed by atoms with Gasteiger partial charge < -0.3 is 0 Å². The van der Waals surface area contributed by atoms with Crippen LogP contribution in [0.15, 0.2) is 47.2 Å².